The van der Waals surface area contributed by atoms with Crippen molar-refractivity contribution in [3.63, 3.8) is 0 Å². The Hall–Kier alpha value is -2.11. The predicted molar refractivity (Wildman–Crippen MR) is 47.1 cm³/mol. The van der Waals surface area contributed by atoms with Crippen molar-refractivity contribution >= 4 is 16.7 Å². The smallest absolute Gasteiger partial charge is 0.356 e. The number of hydrogen-bond acceptors (Lipinski definition) is 5. The molecule has 0 radical (unpaired) electrons. The Kier molecular flexibility index (Phi) is 1.63. The highest BCUT2D eigenvalue weighted by Crippen LogP contribution is 2.35. The van der Waals surface area contributed by atoms with E-state index in [1.807, 2.05) is 0 Å². The van der Waals surface area contributed by atoms with Crippen LogP contribution in [-0.2, 0) is 0 Å². The molecular formula is C8H6N2O4. The third-order valence-corrected chi connectivity index (χ3v) is 1.96. The molecule has 1 aromatic heterocycles. The summed E-state index contributed by atoms with van der Waals surface area (Å²) in [5, 5.41) is 24.0. The fourth-order valence-electron chi connectivity index (χ4n) is 1.28. The van der Waals surface area contributed by atoms with E-state index in [4.69, 9.17) is 4.52 Å². The summed E-state index contributed by atoms with van der Waals surface area (Å²) in [5.41, 5.74) is 0.124. The molecule has 6 nitrogen and oxygen atoms in total. The first-order valence-electron chi connectivity index (χ1n) is 3.83. The molecule has 14 heavy (non-hydrogen) atoms. The van der Waals surface area contributed by atoms with E-state index in [0.717, 1.165) is 0 Å². The molecule has 1 N–H and O–H groups in total. The third-order valence-electron chi connectivity index (χ3n) is 1.96. The standard InChI is InChI=1S/C8H6N2O4/c1-4-5-2-3-6(11)7(10(12)13)8(5)14-9-4/h2-3,11H,1H3. The number of aryl methyl sites for hydroxylation is 1. The molecule has 0 amide bonds. The monoisotopic (exact) mass is 194 g/mol. The Morgan fingerprint density at radius 3 is 2.93 bits per heavy atom. The molecule has 0 saturated carbocycles. The van der Waals surface area contributed by atoms with Crippen molar-refractivity contribution in [2.75, 3.05) is 0 Å². The van der Waals surface area contributed by atoms with Gasteiger partial charge in [0, 0.05) is 0 Å². The van der Waals surface area contributed by atoms with Gasteiger partial charge >= 0.3 is 5.69 Å². The number of rotatable bonds is 1. The van der Waals surface area contributed by atoms with E-state index in [0.29, 0.717) is 11.1 Å². The van der Waals surface area contributed by atoms with Crippen LogP contribution in [0.2, 0.25) is 0 Å². The van der Waals surface area contributed by atoms with Crippen LogP contribution >= 0.6 is 0 Å². The zero-order valence-electron chi connectivity index (χ0n) is 7.22. The molecule has 6 heteroatoms. The molecule has 1 aromatic carbocycles. The van der Waals surface area contributed by atoms with Gasteiger partial charge in [0.25, 0.3) is 0 Å². The van der Waals surface area contributed by atoms with E-state index in [1.165, 1.54) is 12.1 Å². The van der Waals surface area contributed by atoms with Crippen LogP contribution in [0.25, 0.3) is 11.0 Å². The number of fused-ring (bicyclic) bond motifs is 1. The SMILES string of the molecule is Cc1noc2c([N+](=O)[O-])c(O)ccc12. The fraction of sp³-hybridized carbons (Fsp3) is 0.125. The van der Waals surface area contributed by atoms with Crippen molar-refractivity contribution in [1.29, 1.82) is 0 Å². The Morgan fingerprint density at radius 2 is 2.29 bits per heavy atom. The molecule has 0 unspecified atom stereocenters. The molecule has 0 fully saturated rings. The van der Waals surface area contributed by atoms with Gasteiger partial charge < -0.3 is 9.63 Å². The summed E-state index contributed by atoms with van der Waals surface area (Å²) in [6.07, 6.45) is 0. The van der Waals surface area contributed by atoms with E-state index in [9.17, 15) is 15.2 Å². The maximum atomic E-state index is 10.6. The molecular weight excluding hydrogens is 188 g/mol. The average molecular weight is 194 g/mol. The number of aromatic nitrogens is 1. The Labute approximate surface area is 77.9 Å². The zero-order valence-corrected chi connectivity index (χ0v) is 7.22. The van der Waals surface area contributed by atoms with Gasteiger partial charge in [0.05, 0.1) is 16.0 Å². The van der Waals surface area contributed by atoms with Gasteiger partial charge in [0.15, 0.2) is 5.75 Å². The minimum atomic E-state index is -0.692. The second-order valence-electron chi connectivity index (χ2n) is 2.84. The third kappa shape index (κ3) is 1.00. The summed E-state index contributed by atoms with van der Waals surface area (Å²) < 4.78 is 4.77. The number of phenols is 1. The molecule has 2 rings (SSSR count). The van der Waals surface area contributed by atoms with Crippen molar-refractivity contribution in [1.82, 2.24) is 5.16 Å². The van der Waals surface area contributed by atoms with Crippen LogP contribution in [0.1, 0.15) is 5.69 Å². The summed E-state index contributed by atoms with van der Waals surface area (Å²) >= 11 is 0. The molecule has 1 heterocycles. The average Bonchev–Trinajstić information content (AvgIpc) is 2.47. The van der Waals surface area contributed by atoms with Crippen molar-refractivity contribution in [3.05, 3.63) is 27.9 Å². The molecule has 0 spiro atoms. The molecule has 0 bridgehead atoms. The Balaban J connectivity index is 2.90. The van der Waals surface area contributed by atoms with E-state index in [1.54, 1.807) is 6.92 Å². The highest BCUT2D eigenvalue weighted by Gasteiger charge is 2.22. The predicted octanol–water partition coefficient (Wildman–Crippen LogP) is 1.75. The minimum absolute atomic E-state index is 0.00694. The molecule has 0 aliphatic heterocycles. The minimum Gasteiger partial charge on any atom is -0.502 e. The topological polar surface area (TPSA) is 89.4 Å². The van der Waals surface area contributed by atoms with E-state index >= 15 is 0 Å². The van der Waals surface area contributed by atoms with Gasteiger partial charge in [-0.15, -0.1) is 0 Å². The van der Waals surface area contributed by atoms with Crippen LogP contribution in [0.3, 0.4) is 0 Å². The number of nitro benzene ring substituents is 1. The van der Waals surface area contributed by atoms with Gasteiger partial charge in [-0.2, -0.15) is 0 Å². The zero-order chi connectivity index (χ0) is 10.3. The van der Waals surface area contributed by atoms with Gasteiger partial charge in [-0.25, -0.2) is 0 Å². The number of nitro groups is 1. The summed E-state index contributed by atoms with van der Waals surface area (Å²) in [7, 11) is 0. The van der Waals surface area contributed by atoms with Gasteiger partial charge in [-0.1, -0.05) is 5.16 Å². The summed E-state index contributed by atoms with van der Waals surface area (Å²) in [6.45, 7) is 1.67. The molecule has 72 valence electrons. The second-order valence-corrected chi connectivity index (χ2v) is 2.84. The lowest BCUT2D eigenvalue weighted by Crippen LogP contribution is -1.88. The Bertz CT molecular complexity index is 517. The van der Waals surface area contributed by atoms with Crippen molar-refractivity contribution in [3.8, 4) is 5.75 Å². The number of benzene rings is 1. The fourth-order valence-corrected chi connectivity index (χ4v) is 1.28. The van der Waals surface area contributed by atoms with Crippen LogP contribution in [-0.4, -0.2) is 15.2 Å². The second kappa shape index (κ2) is 2.69. The van der Waals surface area contributed by atoms with Crippen LogP contribution in [0.4, 0.5) is 5.69 Å². The van der Waals surface area contributed by atoms with Crippen molar-refractivity contribution in [2.45, 2.75) is 6.92 Å². The van der Waals surface area contributed by atoms with Gasteiger partial charge in [-0.3, -0.25) is 10.1 Å². The van der Waals surface area contributed by atoms with E-state index in [2.05, 4.69) is 5.16 Å². The lowest BCUT2D eigenvalue weighted by molar-refractivity contribution is -0.384. The van der Waals surface area contributed by atoms with Gasteiger partial charge in [0.1, 0.15) is 0 Å². The lowest BCUT2D eigenvalue weighted by atomic mass is 10.2. The van der Waals surface area contributed by atoms with Crippen LogP contribution < -0.4 is 0 Å². The summed E-state index contributed by atoms with van der Waals surface area (Å²) in [5.74, 6) is -0.418. The molecule has 0 aliphatic rings. The maximum absolute atomic E-state index is 10.6. The van der Waals surface area contributed by atoms with Gasteiger partial charge in [-0.05, 0) is 19.1 Å². The first-order valence-corrected chi connectivity index (χ1v) is 3.83. The lowest BCUT2D eigenvalue weighted by Gasteiger charge is -1.94. The van der Waals surface area contributed by atoms with Crippen LogP contribution in [0.15, 0.2) is 16.7 Å². The van der Waals surface area contributed by atoms with Crippen LogP contribution in [0.5, 0.6) is 5.75 Å². The van der Waals surface area contributed by atoms with E-state index in [-0.39, 0.29) is 5.58 Å². The van der Waals surface area contributed by atoms with Crippen molar-refractivity contribution in [2.24, 2.45) is 0 Å². The Morgan fingerprint density at radius 1 is 1.57 bits per heavy atom. The summed E-state index contributed by atoms with van der Waals surface area (Å²) in [4.78, 5) is 9.91. The summed E-state index contributed by atoms with van der Waals surface area (Å²) in [6, 6.07) is 2.79. The highest BCUT2D eigenvalue weighted by atomic mass is 16.6. The number of hydrogen-bond donors (Lipinski definition) is 1. The quantitative estimate of drug-likeness (QED) is 0.551. The first kappa shape index (κ1) is 8.49. The first-order chi connectivity index (χ1) is 6.61. The molecule has 2 aromatic rings. The molecule has 0 saturated heterocycles. The largest absolute Gasteiger partial charge is 0.502 e. The number of nitrogens with zero attached hydrogens (tertiary/aromatic N) is 2. The normalized spacial score (nSPS) is 10.6. The van der Waals surface area contributed by atoms with Gasteiger partial charge in [0.2, 0.25) is 5.58 Å². The molecule has 0 atom stereocenters. The maximum Gasteiger partial charge on any atom is 0.356 e. The van der Waals surface area contributed by atoms with Crippen molar-refractivity contribution < 1.29 is 14.6 Å². The molecule has 0 aliphatic carbocycles. The number of aromatic hydroxyl groups is 1. The van der Waals surface area contributed by atoms with E-state index < -0.39 is 16.4 Å². The van der Waals surface area contributed by atoms with Crippen LogP contribution in [0, 0.1) is 17.0 Å². The number of phenolic OH excluding ortho intramolecular Hbond substituents is 1. The highest BCUT2D eigenvalue weighted by molar-refractivity contribution is 5.89.